The minimum Gasteiger partial charge on any atom is -0.481 e. The molecule has 4 atom stereocenters. The average molecular weight is 358 g/mol. The second kappa shape index (κ2) is 9.22. The third-order valence-corrected chi connectivity index (χ3v) is 4.24. The Balaban J connectivity index is 6.15. The van der Waals surface area contributed by atoms with Gasteiger partial charge in [-0.3, -0.25) is 14.4 Å². The van der Waals surface area contributed by atoms with E-state index >= 15 is 0 Å². The third-order valence-electron chi connectivity index (χ3n) is 4.24. The van der Waals surface area contributed by atoms with Crippen LogP contribution in [0, 0.1) is 5.92 Å². The average Bonchev–Trinajstić information content (AvgIpc) is 2.43. The van der Waals surface area contributed by atoms with Crippen molar-refractivity contribution >= 4 is 17.5 Å². The highest BCUT2D eigenvalue weighted by Gasteiger charge is 2.56. The summed E-state index contributed by atoms with van der Waals surface area (Å²) in [6.45, 7) is 4.85. The van der Waals surface area contributed by atoms with Gasteiger partial charge in [-0.05, 0) is 19.4 Å². The second-order valence-electron chi connectivity index (χ2n) is 7.50. The normalized spacial score (nSPS) is 18.4. The van der Waals surface area contributed by atoms with Gasteiger partial charge >= 0.3 is 5.97 Å². The van der Waals surface area contributed by atoms with Crippen LogP contribution in [0.25, 0.3) is 0 Å². The zero-order valence-electron chi connectivity index (χ0n) is 16.0. The van der Waals surface area contributed by atoms with Gasteiger partial charge in [0.25, 0.3) is 0 Å². The molecule has 0 aromatic carbocycles. The molecular weight excluding hydrogens is 326 g/mol. The van der Waals surface area contributed by atoms with E-state index in [-0.39, 0.29) is 4.48 Å². The highest BCUT2D eigenvalue weighted by atomic mass is 16.4. The summed E-state index contributed by atoms with van der Waals surface area (Å²) in [6.07, 6.45) is 2.22. The van der Waals surface area contributed by atoms with Gasteiger partial charge in [0.1, 0.15) is 0 Å². The van der Waals surface area contributed by atoms with Crippen molar-refractivity contribution in [2.75, 3.05) is 21.1 Å². The molecule has 7 nitrogen and oxygen atoms in total. The fourth-order valence-corrected chi connectivity index (χ4v) is 2.79. The molecule has 144 valence electrons. The maximum absolute atomic E-state index is 12.9. The van der Waals surface area contributed by atoms with Crippen LogP contribution in [0.4, 0.5) is 0 Å². The van der Waals surface area contributed by atoms with Crippen LogP contribution >= 0.6 is 0 Å². The molecule has 0 fully saturated rings. The number of carboxylic acids is 1. The molecule has 0 aromatic heterocycles. The van der Waals surface area contributed by atoms with Gasteiger partial charge in [0.05, 0.1) is 33.7 Å². The molecule has 25 heavy (non-hydrogen) atoms. The van der Waals surface area contributed by atoms with Crippen molar-refractivity contribution in [2.45, 2.75) is 57.8 Å². The van der Waals surface area contributed by atoms with Crippen LogP contribution < -0.4 is 0 Å². The van der Waals surface area contributed by atoms with E-state index < -0.39 is 47.6 Å². The van der Waals surface area contributed by atoms with Crippen molar-refractivity contribution in [3.8, 4) is 0 Å². The van der Waals surface area contributed by atoms with Gasteiger partial charge in [0, 0.05) is 5.92 Å². The number of hydrogen-bond donors (Lipinski definition) is 3. The van der Waals surface area contributed by atoms with Crippen LogP contribution in [0.3, 0.4) is 0 Å². The largest absolute Gasteiger partial charge is 0.481 e. The van der Waals surface area contributed by atoms with E-state index in [1.807, 2.05) is 6.92 Å². The number of quaternary nitrogens is 1. The van der Waals surface area contributed by atoms with E-state index in [1.165, 1.54) is 13.8 Å². The van der Waals surface area contributed by atoms with Crippen LogP contribution in [-0.4, -0.2) is 76.2 Å². The van der Waals surface area contributed by atoms with Crippen LogP contribution in [-0.2, 0) is 14.4 Å². The molecule has 0 rings (SSSR count). The summed E-state index contributed by atoms with van der Waals surface area (Å²) in [6, 6.07) is -1.33. The Morgan fingerprint density at radius 2 is 1.68 bits per heavy atom. The highest BCUT2D eigenvalue weighted by molar-refractivity contribution is 6.04. The molecule has 7 heteroatoms. The first-order chi connectivity index (χ1) is 11.3. The number of likely N-dealkylation sites (N-methyl/N-ethyl adjacent to an activating group) is 1. The Morgan fingerprint density at radius 1 is 1.16 bits per heavy atom. The Morgan fingerprint density at radius 3 is 2.04 bits per heavy atom. The Labute approximate surface area is 149 Å². The molecule has 0 aliphatic carbocycles. The zero-order valence-corrected chi connectivity index (χ0v) is 16.0. The molecule has 0 aliphatic rings. The van der Waals surface area contributed by atoms with E-state index in [1.54, 1.807) is 27.2 Å². The molecule has 3 N–H and O–H groups in total. The minimum atomic E-state index is -2.39. The molecule has 0 amide bonds. The number of Topliss-reactive ketones (excluding diaryl/α,β-unsaturated/α-hetero) is 1. The van der Waals surface area contributed by atoms with Crippen LogP contribution in [0.1, 0.15) is 40.0 Å². The van der Waals surface area contributed by atoms with Gasteiger partial charge in [-0.1, -0.05) is 26.3 Å². The second-order valence-corrected chi connectivity index (χ2v) is 7.50. The van der Waals surface area contributed by atoms with Crippen LogP contribution in [0.15, 0.2) is 12.2 Å². The van der Waals surface area contributed by atoms with E-state index in [2.05, 4.69) is 0 Å². The number of aliphatic hydroxyl groups excluding tert-OH is 1. The quantitative estimate of drug-likeness (QED) is 0.372. The summed E-state index contributed by atoms with van der Waals surface area (Å²) >= 11 is 0. The summed E-state index contributed by atoms with van der Waals surface area (Å²) < 4.78 is -0.146. The number of carbonyl (C=O) groups is 3. The van der Waals surface area contributed by atoms with Gasteiger partial charge in [0.2, 0.25) is 0 Å². The molecule has 0 bridgehead atoms. The fraction of sp³-hybridized carbons (Fsp3) is 0.722. The van der Waals surface area contributed by atoms with Gasteiger partial charge in [-0.25, -0.2) is 0 Å². The number of allylic oxidation sites excluding steroid dienone is 1. The minimum absolute atomic E-state index is 0.146. The van der Waals surface area contributed by atoms with Crippen LogP contribution in [0.5, 0.6) is 0 Å². The lowest BCUT2D eigenvalue weighted by Gasteiger charge is -2.42. The Hall–Kier alpha value is -1.57. The van der Waals surface area contributed by atoms with Gasteiger partial charge < -0.3 is 19.8 Å². The maximum atomic E-state index is 12.9. The molecule has 0 aromatic rings. The molecule has 0 aliphatic heterocycles. The molecular formula is C18H32NO6+. The van der Waals surface area contributed by atoms with Gasteiger partial charge in [0.15, 0.2) is 23.2 Å². The molecule has 0 radical (unpaired) electrons. The predicted octanol–water partition coefficient (Wildman–Crippen LogP) is 0.778. The lowest BCUT2D eigenvalue weighted by molar-refractivity contribution is -0.892. The van der Waals surface area contributed by atoms with Crippen molar-refractivity contribution in [3.05, 3.63) is 12.2 Å². The molecule has 0 heterocycles. The monoisotopic (exact) mass is 358 g/mol. The van der Waals surface area contributed by atoms with E-state index in [0.717, 1.165) is 12.5 Å². The van der Waals surface area contributed by atoms with Crippen molar-refractivity contribution < 1.29 is 34.2 Å². The number of carboxylic acid groups (broad SMARTS) is 1. The zero-order chi connectivity index (χ0) is 20.0. The number of ketones is 2. The number of aliphatic carboxylic acids is 1. The fourth-order valence-electron chi connectivity index (χ4n) is 2.79. The first-order valence-electron chi connectivity index (χ1n) is 8.47. The summed E-state index contributed by atoms with van der Waals surface area (Å²) in [5.41, 5.74) is -2.39. The third kappa shape index (κ3) is 6.34. The topological polar surface area (TPSA) is 112 Å². The van der Waals surface area contributed by atoms with Crippen LogP contribution in [0.2, 0.25) is 0 Å². The first kappa shape index (κ1) is 23.4. The Bertz CT molecular complexity index is 520. The van der Waals surface area contributed by atoms with Crippen molar-refractivity contribution in [1.82, 2.24) is 0 Å². The molecule has 0 saturated heterocycles. The lowest BCUT2D eigenvalue weighted by Crippen LogP contribution is -2.67. The predicted molar refractivity (Wildman–Crippen MR) is 93.9 cm³/mol. The van der Waals surface area contributed by atoms with Crippen molar-refractivity contribution in [1.29, 1.82) is 0 Å². The number of aliphatic hydroxyl groups is 2. The standard InChI is InChI=1S/C18H31NO6/c1-7-8-9-10-14(21)18(25,11-15(22)23)17(19(4,5)6)16(24)12(2)13(3)20/h9-10,12-13,17,20,25H,7-8,11H2,1-6H3/p+1. The number of unbranched alkanes of at least 4 members (excludes halogenated alkanes) is 1. The van der Waals surface area contributed by atoms with Crippen molar-refractivity contribution in [2.24, 2.45) is 5.92 Å². The lowest BCUT2D eigenvalue weighted by atomic mass is 9.78. The molecule has 0 spiro atoms. The van der Waals surface area contributed by atoms with E-state index in [4.69, 9.17) is 0 Å². The summed E-state index contributed by atoms with van der Waals surface area (Å²) in [4.78, 5) is 36.8. The number of nitrogens with zero attached hydrogens (tertiary/aromatic N) is 1. The maximum Gasteiger partial charge on any atom is 0.307 e. The van der Waals surface area contributed by atoms with E-state index in [0.29, 0.717) is 6.42 Å². The molecule has 0 saturated carbocycles. The van der Waals surface area contributed by atoms with Gasteiger partial charge in [-0.2, -0.15) is 0 Å². The summed E-state index contributed by atoms with van der Waals surface area (Å²) in [5.74, 6) is -3.60. The smallest absolute Gasteiger partial charge is 0.307 e. The first-order valence-corrected chi connectivity index (χ1v) is 8.47. The van der Waals surface area contributed by atoms with E-state index in [9.17, 15) is 29.7 Å². The Kier molecular flexibility index (Phi) is 8.64. The molecule has 4 unspecified atom stereocenters. The SMILES string of the molecule is CCCC=CC(=O)C(O)(CC(=O)O)C(C(=O)C(C)C(C)O)[N+](C)(C)C. The summed E-state index contributed by atoms with van der Waals surface area (Å²) in [7, 11) is 4.81. The highest BCUT2D eigenvalue weighted by Crippen LogP contribution is 2.29. The number of carbonyl (C=O) groups excluding carboxylic acids is 2. The number of rotatable bonds is 11. The van der Waals surface area contributed by atoms with Gasteiger partial charge in [-0.15, -0.1) is 0 Å². The summed E-state index contributed by atoms with van der Waals surface area (Å²) in [5, 5.41) is 30.0. The van der Waals surface area contributed by atoms with Crippen molar-refractivity contribution in [3.63, 3.8) is 0 Å². The number of hydrogen-bond acceptors (Lipinski definition) is 5.